The molecule has 0 spiro atoms. The number of nitrogens with one attached hydrogen (secondary N) is 1. The number of rotatable bonds is 8. The fourth-order valence-corrected chi connectivity index (χ4v) is 2.26. The first-order valence-corrected chi connectivity index (χ1v) is 7.56. The highest BCUT2D eigenvalue weighted by Crippen LogP contribution is 2.10. The van der Waals surface area contributed by atoms with Gasteiger partial charge in [-0.1, -0.05) is 30.3 Å². The Labute approximate surface area is 128 Å². The van der Waals surface area contributed by atoms with E-state index in [0.717, 1.165) is 36.2 Å². The van der Waals surface area contributed by atoms with Crippen molar-refractivity contribution in [1.82, 2.24) is 10.3 Å². The molecule has 0 fully saturated rings. The average molecular weight is 335 g/mol. The normalized spacial score (nSPS) is 10.7. The van der Waals surface area contributed by atoms with Gasteiger partial charge in [-0.2, -0.15) is 0 Å². The predicted octanol–water partition coefficient (Wildman–Crippen LogP) is 3.54. The van der Waals surface area contributed by atoms with Gasteiger partial charge in [-0.3, -0.25) is 4.98 Å². The number of ether oxygens (including phenoxy) is 1. The Bertz CT molecular complexity index is 505. The zero-order valence-electron chi connectivity index (χ0n) is 11.4. The van der Waals surface area contributed by atoms with Gasteiger partial charge in [0, 0.05) is 30.0 Å². The van der Waals surface area contributed by atoms with Gasteiger partial charge in [0.05, 0.1) is 6.61 Å². The van der Waals surface area contributed by atoms with E-state index in [1.807, 2.05) is 18.3 Å². The number of benzene rings is 1. The summed E-state index contributed by atoms with van der Waals surface area (Å²) in [7, 11) is 0. The first kappa shape index (κ1) is 15.2. The molecule has 2 aromatic rings. The Kier molecular flexibility index (Phi) is 6.71. The first-order valence-electron chi connectivity index (χ1n) is 6.76. The highest BCUT2D eigenvalue weighted by atomic mass is 79.9. The summed E-state index contributed by atoms with van der Waals surface area (Å²) in [4.78, 5) is 4.11. The van der Waals surface area contributed by atoms with Crippen LogP contribution in [-0.4, -0.2) is 18.1 Å². The van der Waals surface area contributed by atoms with Crippen molar-refractivity contribution in [2.24, 2.45) is 0 Å². The van der Waals surface area contributed by atoms with Crippen LogP contribution < -0.4 is 5.32 Å². The van der Waals surface area contributed by atoms with E-state index >= 15 is 0 Å². The lowest BCUT2D eigenvalue weighted by molar-refractivity contribution is 0.118. The molecule has 0 saturated carbocycles. The second-order valence-corrected chi connectivity index (χ2v) is 5.50. The van der Waals surface area contributed by atoms with E-state index in [4.69, 9.17) is 4.74 Å². The van der Waals surface area contributed by atoms with E-state index in [2.05, 4.69) is 50.5 Å². The SMILES string of the molecule is Brc1cncc(COCCCNCc2ccccc2)c1. The van der Waals surface area contributed by atoms with Crippen LogP contribution in [-0.2, 0) is 17.9 Å². The van der Waals surface area contributed by atoms with Crippen molar-refractivity contribution in [3.63, 3.8) is 0 Å². The molecule has 0 aliphatic carbocycles. The number of pyridine rings is 1. The second-order valence-electron chi connectivity index (χ2n) is 4.58. The highest BCUT2D eigenvalue weighted by molar-refractivity contribution is 9.10. The van der Waals surface area contributed by atoms with Gasteiger partial charge < -0.3 is 10.1 Å². The van der Waals surface area contributed by atoms with Gasteiger partial charge in [0.25, 0.3) is 0 Å². The quantitative estimate of drug-likeness (QED) is 0.750. The summed E-state index contributed by atoms with van der Waals surface area (Å²) in [5.74, 6) is 0. The molecule has 0 radical (unpaired) electrons. The Hall–Kier alpha value is -1.23. The Balaban J connectivity index is 1.52. The lowest BCUT2D eigenvalue weighted by atomic mass is 10.2. The van der Waals surface area contributed by atoms with Gasteiger partial charge in [-0.05, 0) is 46.1 Å². The lowest BCUT2D eigenvalue weighted by Crippen LogP contribution is -2.16. The summed E-state index contributed by atoms with van der Waals surface area (Å²) in [6.45, 7) is 3.25. The van der Waals surface area contributed by atoms with Crippen molar-refractivity contribution in [1.29, 1.82) is 0 Å². The molecule has 0 aliphatic rings. The molecule has 0 amide bonds. The zero-order chi connectivity index (χ0) is 14.0. The van der Waals surface area contributed by atoms with E-state index in [1.165, 1.54) is 5.56 Å². The third-order valence-electron chi connectivity index (χ3n) is 2.84. The van der Waals surface area contributed by atoms with Crippen LogP contribution in [0, 0.1) is 0 Å². The standard InChI is InChI=1S/C16H19BrN2O/c17-16-9-15(11-19-12-16)13-20-8-4-7-18-10-14-5-2-1-3-6-14/h1-3,5-6,9,11-12,18H,4,7-8,10,13H2. The topological polar surface area (TPSA) is 34.1 Å². The lowest BCUT2D eigenvalue weighted by Gasteiger charge is -2.06. The number of aromatic nitrogens is 1. The minimum absolute atomic E-state index is 0.616. The van der Waals surface area contributed by atoms with E-state index in [9.17, 15) is 0 Å². The Morgan fingerprint density at radius 1 is 1.10 bits per heavy atom. The summed E-state index contributed by atoms with van der Waals surface area (Å²) in [5.41, 5.74) is 2.41. The summed E-state index contributed by atoms with van der Waals surface area (Å²) in [5, 5.41) is 3.41. The molecule has 1 aromatic carbocycles. The zero-order valence-corrected chi connectivity index (χ0v) is 13.0. The predicted molar refractivity (Wildman–Crippen MR) is 84.4 cm³/mol. The van der Waals surface area contributed by atoms with Crippen LogP contribution >= 0.6 is 15.9 Å². The van der Waals surface area contributed by atoms with E-state index in [-0.39, 0.29) is 0 Å². The van der Waals surface area contributed by atoms with Crippen molar-refractivity contribution >= 4 is 15.9 Å². The summed E-state index contributed by atoms with van der Waals surface area (Å²) >= 11 is 3.40. The third-order valence-corrected chi connectivity index (χ3v) is 3.28. The van der Waals surface area contributed by atoms with Gasteiger partial charge in [0.1, 0.15) is 0 Å². The summed E-state index contributed by atoms with van der Waals surface area (Å²) in [6, 6.07) is 12.4. The van der Waals surface area contributed by atoms with Crippen LogP contribution in [0.1, 0.15) is 17.5 Å². The largest absolute Gasteiger partial charge is 0.377 e. The van der Waals surface area contributed by atoms with E-state index in [1.54, 1.807) is 6.20 Å². The van der Waals surface area contributed by atoms with Crippen LogP contribution in [0.2, 0.25) is 0 Å². The minimum Gasteiger partial charge on any atom is -0.377 e. The van der Waals surface area contributed by atoms with Gasteiger partial charge in [0.15, 0.2) is 0 Å². The molecular formula is C16H19BrN2O. The van der Waals surface area contributed by atoms with Crippen molar-refractivity contribution in [3.05, 3.63) is 64.4 Å². The summed E-state index contributed by atoms with van der Waals surface area (Å²) < 4.78 is 6.62. The minimum atomic E-state index is 0.616. The Morgan fingerprint density at radius 3 is 2.75 bits per heavy atom. The molecular weight excluding hydrogens is 316 g/mol. The van der Waals surface area contributed by atoms with Crippen LogP contribution in [0.25, 0.3) is 0 Å². The van der Waals surface area contributed by atoms with Crippen LogP contribution in [0.4, 0.5) is 0 Å². The molecule has 0 unspecified atom stereocenters. The molecule has 2 rings (SSSR count). The smallest absolute Gasteiger partial charge is 0.0732 e. The fourth-order valence-electron chi connectivity index (χ4n) is 1.85. The number of halogens is 1. The number of hydrogen-bond acceptors (Lipinski definition) is 3. The molecule has 1 aromatic heterocycles. The van der Waals surface area contributed by atoms with Crippen LogP contribution in [0.15, 0.2) is 53.3 Å². The molecule has 3 nitrogen and oxygen atoms in total. The molecule has 106 valence electrons. The number of nitrogens with zero attached hydrogens (tertiary/aromatic N) is 1. The van der Waals surface area contributed by atoms with E-state index in [0.29, 0.717) is 6.61 Å². The molecule has 0 atom stereocenters. The number of hydrogen-bond donors (Lipinski definition) is 1. The molecule has 0 bridgehead atoms. The van der Waals surface area contributed by atoms with Gasteiger partial charge in [-0.25, -0.2) is 0 Å². The molecule has 4 heteroatoms. The van der Waals surface area contributed by atoms with Crippen molar-refractivity contribution in [2.45, 2.75) is 19.6 Å². The molecule has 20 heavy (non-hydrogen) atoms. The molecule has 1 heterocycles. The van der Waals surface area contributed by atoms with Gasteiger partial charge in [0.2, 0.25) is 0 Å². The molecule has 0 saturated heterocycles. The van der Waals surface area contributed by atoms with Gasteiger partial charge in [-0.15, -0.1) is 0 Å². The van der Waals surface area contributed by atoms with Crippen LogP contribution in [0.5, 0.6) is 0 Å². The van der Waals surface area contributed by atoms with Crippen LogP contribution in [0.3, 0.4) is 0 Å². The Morgan fingerprint density at radius 2 is 1.95 bits per heavy atom. The highest BCUT2D eigenvalue weighted by Gasteiger charge is 1.96. The maximum Gasteiger partial charge on any atom is 0.0732 e. The van der Waals surface area contributed by atoms with Crippen molar-refractivity contribution in [2.75, 3.05) is 13.2 Å². The second kappa shape index (κ2) is 8.84. The van der Waals surface area contributed by atoms with Crippen molar-refractivity contribution in [3.8, 4) is 0 Å². The van der Waals surface area contributed by atoms with Gasteiger partial charge >= 0.3 is 0 Å². The monoisotopic (exact) mass is 334 g/mol. The average Bonchev–Trinajstić information content (AvgIpc) is 2.47. The molecule has 0 aliphatic heterocycles. The maximum absolute atomic E-state index is 5.63. The van der Waals surface area contributed by atoms with E-state index < -0.39 is 0 Å². The molecule has 1 N–H and O–H groups in total. The fraction of sp³-hybridized carbons (Fsp3) is 0.312. The third kappa shape index (κ3) is 5.82. The summed E-state index contributed by atoms with van der Waals surface area (Å²) in [6.07, 6.45) is 4.61. The van der Waals surface area contributed by atoms with Crippen molar-refractivity contribution < 1.29 is 4.74 Å². The maximum atomic E-state index is 5.63. The first-order chi connectivity index (χ1) is 9.84.